The van der Waals surface area contributed by atoms with Gasteiger partial charge in [0, 0.05) is 23.8 Å². The van der Waals surface area contributed by atoms with Gasteiger partial charge in [0.05, 0.1) is 6.61 Å². The Labute approximate surface area is 114 Å². The largest absolute Gasteiger partial charge is 0.399 e. The average Bonchev–Trinajstić information content (AvgIpc) is 2.92. The normalized spacial score (nSPS) is 15.7. The molecule has 1 fully saturated rings. The van der Waals surface area contributed by atoms with Gasteiger partial charge in [-0.15, -0.1) is 0 Å². The fourth-order valence-corrected chi connectivity index (χ4v) is 2.80. The van der Waals surface area contributed by atoms with Crippen LogP contribution >= 0.6 is 0 Å². The van der Waals surface area contributed by atoms with E-state index in [9.17, 15) is 9.90 Å². The molecule has 1 aromatic carbocycles. The van der Waals surface area contributed by atoms with Crippen LogP contribution in [-0.2, 0) is 0 Å². The number of hydrogen-bond acceptors (Lipinski definition) is 3. The fraction of sp³-hybridized carbons (Fsp3) is 0.533. The number of aliphatic hydroxyl groups excluding tert-OH is 1. The summed E-state index contributed by atoms with van der Waals surface area (Å²) in [6, 6.07) is 5.67. The van der Waals surface area contributed by atoms with Crippen LogP contribution in [0.15, 0.2) is 18.2 Å². The minimum atomic E-state index is -0.00856. The van der Waals surface area contributed by atoms with Crippen molar-refractivity contribution in [1.82, 2.24) is 4.90 Å². The summed E-state index contributed by atoms with van der Waals surface area (Å²) in [4.78, 5) is 14.5. The number of nitrogens with two attached hydrogens (primary N) is 1. The van der Waals surface area contributed by atoms with Crippen LogP contribution < -0.4 is 5.73 Å². The summed E-state index contributed by atoms with van der Waals surface area (Å²) in [7, 11) is 0. The summed E-state index contributed by atoms with van der Waals surface area (Å²) in [6.45, 7) is 2.32. The number of hydrogen-bond donors (Lipinski definition) is 2. The van der Waals surface area contributed by atoms with Gasteiger partial charge < -0.3 is 15.7 Å². The number of carbonyl (C=O) groups is 1. The maximum atomic E-state index is 12.7. The fourth-order valence-electron chi connectivity index (χ4n) is 2.80. The first-order valence-electron chi connectivity index (χ1n) is 6.91. The zero-order valence-electron chi connectivity index (χ0n) is 11.4. The highest BCUT2D eigenvalue weighted by Crippen LogP contribution is 2.25. The highest BCUT2D eigenvalue weighted by Gasteiger charge is 2.27. The molecule has 1 aliphatic rings. The van der Waals surface area contributed by atoms with E-state index in [4.69, 9.17) is 5.73 Å². The van der Waals surface area contributed by atoms with E-state index in [1.165, 1.54) is 0 Å². The van der Waals surface area contributed by atoms with Gasteiger partial charge in [-0.25, -0.2) is 0 Å². The number of aryl methyl sites for hydroxylation is 1. The Hall–Kier alpha value is -1.55. The van der Waals surface area contributed by atoms with Crippen LogP contribution in [0.1, 0.15) is 41.6 Å². The predicted molar refractivity (Wildman–Crippen MR) is 76.0 cm³/mol. The smallest absolute Gasteiger partial charge is 0.254 e. The lowest BCUT2D eigenvalue weighted by Gasteiger charge is -2.29. The van der Waals surface area contributed by atoms with E-state index in [0.29, 0.717) is 17.8 Å². The summed E-state index contributed by atoms with van der Waals surface area (Å²) in [6.07, 6.45) is 4.39. The second-order valence-corrected chi connectivity index (χ2v) is 5.23. The molecule has 0 heterocycles. The Bertz CT molecular complexity index is 453. The second kappa shape index (κ2) is 6.06. The molecule has 0 unspecified atom stereocenters. The van der Waals surface area contributed by atoms with Gasteiger partial charge in [0.2, 0.25) is 0 Å². The zero-order valence-corrected chi connectivity index (χ0v) is 11.4. The first-order chi connectivity index (χ1) is 9.13. The first-order valence-corrected chi connectivity index (χ1v) is 6.91. The topological polar surface area (TPSA) is 66.6 Å². The number of amides is 1. The number of benzene rings is 1. The molecule has 1 aliphatic carbocycles. The lowest BCUT2D eigenvalue weighted by atomic mass is 10.0. The molecule has 0 bridgehead atoms. The molecule has 2 rings (SSSR count). The molecule has 0 aromatic heterocycles. The summed E-state index contributed by atoms with van der Waals surface area (Å²) < 4.78 is 0. The van der Waals surface area contributed by atoms with Gasteiger partial charge in [-0.2, -0.15) is 0 Å². The summed E-state index contributed by atoms with van der Waals surface area (Å²) in [5.74, 6) is -0.00856. The Morgan fingerprint density at radius 3 is 2.74 bits per heavy atom. The summed E-state index contributed by atoms with van der Waals surface area (Å²) in [5, 5.41) is 9.20. The van der Waals surface area contributed by atoms with E-state index in [2.05, 4.69) is 0 Å². The van der Waals surface area contributed by atoms with E-state index < -0.39 is 0 Å². The molecule has 19 heavy (non-hydrogen) atoms. The van der Waals surface area contributed by atoms with Gasteiger partial charge in [0.1, 0.15) is 0 Å². The number of nitrogens with zero attached hydrogens (tertiary/aromatic N) is 1. The molecule has 0 radical (unpaired) electrons. The van der Waals surface area contributed by atoms with Crippen LogP contribution in [0, 0.1) is 6.92 Å². The molecule has 1 amide bonds. The first kappa shape index (κ1) is 13.9. The van der Waals surface area contributed by atoms with E-state index in [-0.39, 0.29) is 18.6 Å². The predicted octanol–water partition coefficient (Wildman–Crippen LogP) is 1.95. The summed E-state index contributed by atoms with van der Waals surface area (Å²) in [5.41, 5.74) is 7.96. The van der Waals surface area contributed by atoms with Crippen molar-refractivity contribution in [2.75, 3.05) is 18.9 Å². The van der Waals surface area contributed by atoms with E-state index in [1.807, 2.05) is 17.9 Å². The van der Waals surface area contributed by atoms with Crippen molar-refractivity contribution in [2.45, 2.75) is 38.6 Å². The highest BCUT2D eigenvalue weighted by molar-refractivity contribution is 5.96. The van der Waals surface area contributed by atoms with E-state index >= 15 is 0 Å². The number of nitrogen functional groups attached to an aromatic ring is 1. The molecule has 4 heteroatoms. The lowest BCUT2D eigenvalue weighted by molar-refractivity contribution is 0.0637. The van der Waals surface area contributed by atoms with Crippen LogP contribution in [0.2, 0.25) is 0 Å². The molecule has 1 saturated carbocycles. The molecule has 1 aromatic rings. The van der Waals surface area contributed by atoms with Gasteiger partial charge >= 0.3 is 0 Å². The molecule has 4 nitrogen and oxygen atoms in total. The maximum Gasteiger partial charge on any atom is 0.254 e. The van der Waals surface area contributed by atoms with Crippen LogP contribution in [0.3, 0.4) is 0 Å². The Kier molecular flexibility index (Phi) is 4.43. The number of rotatable bonds is 4. The van der Waals surface area contributed by atoms with Crippen molar-refractivity contribution in [3.63, 3.8) is 0 Å². The average molecular weight is 262 g/mol. The molecular weight excluding hydrogens is 240 g/mol. The van der Waals surface area contributed by atoms with Crippen molar-refractivity contribution in [2.24, 2.45) is 0 Å². The van der Waals surface area contributed by atoms with Crippen molar-refractivity contribution < 1.29 is 9.90 Å². The lowest BCUT2D eigenvalue weighted by Crippen LogP contribution is -2.41. The van der Waals surface area contributed by atoms with E-state index in [1.54, 1.807) is 12.1 Å². The van der Waals surface area contributed by atoms with Gasteiger partial charge in [0.25, 0.3) is 5.91 Å². The standard InChI is InChI=1S/C15H22N2O2/c1-11-6-7-12(16)10-14(11)15(19)17(8-9-18)13-4-2-3-5-13/h6-7,10,13,18H,2-5,8-9,16H2,1H3. The van der Waals surface area contributed by atoms with Crippen LogP contribution in [-0.4, -0.2) is 35.1 Å². The Morgan fingerprint density at radius 2 is 2.11 bits per heavy atom. The molecule has 0 saturated heterocycles. The molecule has 0 atom stereocenters. The third-order valence-electron chi connectivity index (χ3n) is 3.86. The number of aliphatic hydroxyl groups is 1. The SMILES string of the molecule is Cc1ccc(N)cc1C(=O)N(CCO)C1CCCC1. The molecule has 0 aliphatic heterocycles. The summed E-state index contributed by atoms with van der Waals surface area (Å²) >= 11 is 0. The van der Waals surface area contributed by atoms with Gasteiger partial charge in [-0.05, 0) is 37.5 Å². The third-order valence-corrected chi connectivity index (χ3v) is 3.86. The quantitative estimate of drug-likeness (QED) is 0.815. The van der Waals surface area contributed by atoms with Crippen LogP contribution in [0.5, 0.6) is 0 Å². The van der Waals surface area contributed by atoms with Crippen molar-refractivity contribution >= 4 is 11.6 Å². The Balaban J connectivity index is 2.25. The van der Waals surface area contributed by atoms with Crippen LogP contribution in [0.4, 0.5) is 5.69 Å². The second-order valence-electron chi connectivity index (χ2n) is 5.23. The van der Waals surface area contributed by atoms with Gasteiger partial charge in [-0.3, -0.25) is 4.79 Å². The Morgan fingerprint density at radius 1 is 1.42 bits per heavy atom. The molecule has 3 N–H and O–H groups in total. The number of carbonyl (C=O) groups excluding carboxylic acids is 1. The molecular formula is C15H22N2O2. The maximum absolute atomic E-state index is 12.7. The molecule has 0 spiro atoms. The van der Waals surface area contributed by atoms with Crippen molar-refractivity contribution in [3.05, 3.63) is 29.3 Å². The van der Waals surface area contributed by atoms with Gasteiger partial charge in [-0.1, -0.05) is 18.9 Å². The molecule has 104 valence electrons. The number of anilines is 1. The van der Waals surface area contributed by atoms with Crippen LogP contribution in [0.25, 0.3) is 0 Å². The van der Waals surface area contributed by atoms with E-state index in [0.717, 1.165) is 31.2 Å². The third kappa shape index (κ3) is 3.07. The monoisotopic (exact) mass is 262 g/mol. The van der Waals surface area contributed by atoms with Gasteiger partial charge in [0.15, 0.2) is 0 Å². The highest BCUT2D eigenvalue weighted by atomic mass is 16.3. The van der Waals surface area contributed by atoms with Crippen molar-refractivity contribution in [1.29, 1.82) is 0 Å². The minimum absolute atomic E-state index is 0.00357. The minimum Gasteiger partial charge on any atom is -0.399 e. The van der Waals surface area contributed by atoms with Crippen molar-refractivity contribution in [3.8, 4) is 0 Å². The zero-order chi connectivity index (χ0) is 13.8.